The van der Waals surface area contributed by atoms with E-state index in [1.54, 1.807) is 18.5 Å². The minimum Gasteiger partial charge on any atom is -0.337 e. The normalized spacial score (nSPS) is 16.5. The van der Waals surface area contributed by atoms with Gasteiger partial charge in [0.1, 0.15) is 5.69 Å². The molecule has 3 heterocycles. The third kappa shape index (κ3) is 2.47. The summed E-state index contributed by atoms with van der Waals surface area (Å²) in [7, 11) is 0. The Morgan fingerprint density at radius 1 is 1.21 bits per heavy atom. The first-order valence-electron chi connectivity index (χ1n) is 6.41. The predicted octanol–water partition coefficient (Wildman–Crippen LogP) is 1.15. The van der Waals surface area contributed by atoms with Gasteiger partial charge in [0.2, 0.25) is 0 Å². The second-order valence-corrected chi connectivity index (χ2v) is 4.62. The zero-order valence-corrected chi connectivity index (χ0v) is 10.5. The van der Waals surface area contributed by atoms with Gasteiger partial charge in [0.15, 0.2) is 0 Å². The van der Waals surface area contributed by atoms with E-state index in [-0.39, 0.29) is 5.91 Å². The van der Waals surface area contributed by atoms with E-state index in [1.807, 2.05) is 27.9 Å². The SMILES string of the molecule is O=C(c1ccccn1)N1CCC(n2ccnn2)CC1. The van der Waals surface area contributed by atoms with Gasteiger partial charge in [-0.25, -0.2) is 4.68 Å². The number of likely N-dealkylation sites (tertiary alicyclic amines) is 1. The Hall–Kier alpha value is -2.24. The number of carbonyl (C=O) groups excluding carboxylic acids is 1. The lowest BCUT2D eigenvalue weighted by Gasteiger charge is -2.31. The monoisotopic (exact) mass is 257 g/mol. The first kappa shape index (κ1) is 11.8. The average Bonchev–Trinajstić information content (AvgIpc) is 3.02. The second kappa shape index (κ2) is 5.17. The van der Waals surface area contributed by atoms with Crippen molar-refractivity contribution in [2.45, 2.75) is 18.9 Å². The number of nitrogens with zero attached hydrogens (tertiary/aromatic N) is 5. The van der Waals surface area contributed by atoms with E-state index in [4.69, 9.17) is 0 Å². The third-order valence-electron chi connectivity index (χ3n) is 3.45. The minimum absolute atomic E-state index is 0.0117. The number of hydrogen-bond acceptors (Lipinski definition) is 4. The smallest absolute Gasteiger partial charge is 0.272 e. The van der Waals surface area contributed by atoms with Crippen LogP contribution in [0, 0.1) is 0 Å². The number of piperidine rings is 1. The van der Waals surface area contributed by atoms with Crippen LogP contribution in [0.4, 0.5) is 0 Å². The van der Waals surface area contributed by atoms with Crippen LogP contribution in [0.3, 0.4) is 0 Å². The summed E-state index contributed by atoms with van der Waals surface area (Å²) in [4.78, 5) is 18.2. The van der Waals surface area contributed by atoms with Crippen molar-refractivity contribution in [3.63, 3.8) is 0 Å². The van der Waals surface area contributed by atoms with Crippen molar-refractivity contribution in [3.05, 3.63) is 42.5 Å². The molecule has 2 aromatic heterocycles. The molecule has 0 unspecified atom stereocenters. The number of hydrogen-bond donors (Lipinski definition) is 0. The van der Waals surface area contributed by atoms with Crippen LogP contribution >= 0.6 is 0 Å². The first-order valence-corrected chi connectivity index (χ1v) is 6.41. The maximum atomic E-state index is 12.2. The Kier molecular flexibility index (Phi) is 3.22. The lowest BCUT2D eigenvalue weighted by Crippen LogP contribution is -2.39. The van der Waals surface area contributed by atoms with E-state index in [9.17, 15) is 4.79 Å². The Bertz CT molecular complexity index is 531. The number of aromatic nitrogens is 4. The molecule has 1 aliphatic heterocycles. The maximum absolute atomic E-state index is 12.2. The van der Waals surface area contributed by atoms with E-state index in [0.29, 0.717) is 11.7 Å². The quantitative estimate of drug-likeness (QED) is 0.809. The fraction of sp³-hybridized carbons (Fsp3) is 0.385. The fourth-order valence-electron chi connectivity index (χ4n) is 2.40. The third-order valence-corrected chi connectivity index (χ3v) is 3.45. The van der Waals surface area contributed by atoms with Gasteiger partial charge in [-0.2, -0.15) is 0 Å². The van der Waals surface area contributed by atoms with E-state index < -0.39 is 0 Å². The summed E-state index contributed by atoms with van der Waals surface area (Å²) in [6.07, 6.45) is 7.02. The highest BCUT2D eigenvalue weighted by Gasteiger charge is 2.25. The summed E-state index contributed by atoms with van der Waals surface area (Å²) in [6, 6.07) is 5.75. The summed E-state index contributed by atoms with van der Waals surface area (Å²) in [5.41, 5.74) is 0.515. The predicted molar refractivity (Wildman–Crippen MR) is 68.4 cm³/mol. The van der Waals surface area contributed by atoms with Crippen molar-refractivity contribution >= 4 is 5.91 Å². The second-order valence-electron chi connectivity index (χ2n) is 4.62. The van der Waals surface area contributed by atoms with Crippen LogP contribution in [0.25, 0.3) is 0 Å². The molecular formula is C13H15N5O. The molecule has 0 atom stereocenters. The van der Waals surface area contributed by atoms with E-state index >= 15 is 0 Å². The zero-order chi connectivity index (χ0) is 13.1. The Balaban J connectivity index is 1.63. The van der Waals surface area contributed by atoms with Gasteiger partial charge < -0.3 is 4.90 Å². The van der Waals surface area contributed by atoms with Gasteiger partial charge in [0, 0.05) is 25.5 Å². The standard InChI is InChI=1S/C13H15N5O/c19-13(12-3-1-2-6-14-12)17-8-4-11(5-9-17)18-10-7-15-16-18/h1-3,6-7,10-11H,4-5,8-9H2. The maximum Gasteiger partial charge on any atom is 0.272 e. The van der Waals surface area contributed by atoms with Gasteiger partial charge in [0.25, 0.3) is 5.91 Å². The molecule has 0 bridgehead atoms. The summed E-state index contributed by atoms with van der Waals surface area (Å²) >= 11 is 0. The topological polar surface area (TPSA) is 63.9 Å². The molecule has 1 fully saturated rings. The lowest BCUT2D eigenvalue weighted by molar-refractivity contribution is 0.0683. The Morgan fingerprint density at radius 2 is 2.05 bits per heavy atom. The highest BCUT2D eigenvalue weighted by Crippen LogP contribution is 2.22. The highest BCUT2D eigenvalue weighted by atomic mass is 16.2. The van der Waals surface area contributed by atoms with Crippen LogP contribution in [0.15, 0.2) is 36.8 Å². The van der Waals surface area contributed by atoms with Crippen molar-refractivity contribution < 1.29 is 4.79 Å². The van der Waals surface area contributed by atoms with E-state index in [1.165, 1.54) is 0 Å². The van der Waals surface area contributed by atoms with E-state index in [0.717, 1.165) is 25.9 Å². The van der Waals surface area contributed by atoms with E-state index in [2.05, 4.69) is 15.3 Å². The molecule has 0 saturated carbocycles. The van der Waals surface area contributed by atoms with Crippen LogP contribution in [0.1, 0.15) is 29.4 Å². The largest absolute Gasteiger partial charge is 0.337 e. The molecule has 1 saturated heterocycles. The molecule has 2 aromatic rings. The molecule has 0 spiro atoms. The molecule has 0 radical (unpaired) electrons. The van der Waals surface area contributed by atoms with Crippen LogP contribution < -0.4 is 0 Å². The zero-order valence-electron chi connectivity index (χ0n) is 10.5. The number of pyridine rings is 1. The number of carbonyl (C=O) groups is 1. The van der Waals surface area contributed by atoms with Crippen molar-refractivity contribution in [1.29, 1.82) is 0 Å². The van der Waals surface area contributed by atoms with Crippen LogP contribution in [-0.2, 0) is 0 Å². The molecule has 1 aliphatic rings. The molecule has 6 nitrogen and oxygen atoms in total. The summed E-state index contributed by atoms with van der Waals surface area (Å²) in [5, 5.41) is 7.84. The molecular weight excluding hydrogens is 242 g/mol. The highest BCUT2D eigenvalue weighted by molar-refractivity contribution is 5.92. The van der Waals surface area contributed by atoms with Gasteiger partial charge in [-0.05, 0) is 25.0 Å². The van der Waals surface area contributed by atoms with Crippen molar-refractivity contribution in [2.24, 2.45) is 0 Å². The molecule has 19 heavy (non-hydrogen) atoms. The Morgan fingerprint density at radius 3 is 2.68 bits per heavy atom. The summed E-state index contributed by atoms with van der Waals surface area (Å²) in [6.45, 7) is 1.47. The van der Waals surface area contributed by atoms with Gasteiger partial charge in [-0.15, -0.1) is 5.10 Å². The summed E-state index contributed by atoms with van der Waals surface area (Å²) < 4.78 is 1.88. The molecule has 0 N–H and O–H groups in total. The molecule has 98 valence electrons. The average molecular weight is 257 g/mol. The lowest BCUT2D eigenvalue weighted by atomic mass is 10.0. The van der Waals surface area contributed by atoms with Crippen molar-refractivity contribution in [1.82, 2.24) is 24.9 Å². The van der Waals surface area contributed by atoms with Gasteiger partial charge in [0.05, 0.1) is 12.2 Å². The van der Waals surface area contributed by atoms with Gasteiger partial charge in [-0.1, -0.05) is 11.3 Å². The molecule has 1 amide bonds. The van der Waals surface area contributed by atoms with Gasteiger partial charge in [-0.3, -0.25) is 9.78 Å². The summed E-state index contributed by atoms with van der Waals surface area (Å²) in [5.74, 6) is 0.0117. The fourth-order valence-corrected chi connectivity index (χ4v) is 2.40. The molecule has 6 heteroatoms. The van der Waals surface area contributed by atoms with Crippen LogP contribution in [-0.4, -0.2) is 43.9 Å². The minimum atomic E-state index is 0.0117. The molecule has 3 rings (SSSR count). The Labute approximate surface area is 111 Å². The van der Waals surface area contributed by atoms with Gasteiger partial charge >= 0.3 is 0 Å². The number of rotatable bonds is 2. The van der Waals surface area contributed by atoms with Crippen LogP contribution in [0.2, 0.25) is 0 Å². The number of amides is 1. The van der Waals surface area contributed by atoms with Crippen LogP contribution in [0.5, 0.6) is 0 Å². The first-order chi connectivity index (χ1) is 9.34. The van der Waals surface area contributed by atoms with Crippen molar-refractivity contribution in [3.8, 4) is 0 Å². The molecule has 0 aliphatic carbocycles. The van der Waals surface area contributed by atoms with Crippen molar-refractivity contribution in [2.75, 3.05) is 13.1 Å². The molecule has 0 aromatic carbocycles.